The van der Waals surface area contributed by atoms with Gasteiger partial charge < -0.3 is 10.2 Å². The Morgan fingerprint density at radius 3 is 2.52 bits per heavy atom. The van der Waals surface area contributed by atoms with Crippen LogP contribution in [0.25, 0.3) is 11.1 Å². The molecular weight excluding hydrogens is 452 g/mol. The molecule has 4 N–H and O–H groups in total. The van der Waals surface area contributed by atoms with E-state index in [2.05, 4.69) is 20.6 Å². The van der Waals surface area contributed by atoms with Crippen LogP contribution in [0.15, 0.2) is 42.5 Å². The maximum Gasteiger partial charge on any atom is 0.333 e. The monoisotopic (exact) mass is 467 g/mol. The van der Waals surface area contributed by atoms with Gasteiger partial charge in [0.05, 0.1) is 6.54 Å². The number of H-pyrrole nitrogens is 1. The lowest BCUT2D eigenvalue weighted by atomic mass is 10.0. The molecule has 1 aromatic heterocycles. The minimum atomic E-state index is -1.75. The molecule has 0 radical (unpaired) electrons. The first-order valence-corrected chi connectivity index (χ1v) is 9.57. The fourth-order valence-corrected chi connectivity index (χ4v) is 3.00. The summed E-state index contributed by atoms with van der Waals surface area (Å²) in [5.41, 5.74) is 3.99. The van der Waals surface area contributed by atoms with Gasteiger partial charge in [0.15, 0.2) is 6.10 Å². The summed E-state index contributed by atoms with van der Waals surface area (Å²) in [5, 5.41) is 26.1. The van der Waals surface area contributed by atoms with Crippen LogP contribution >= 0.6 is 23.2 Å². The number of nitrogens with zero attached hydrogens (tertiary/aromatic N) is 3. The number of aliphatic carboxylic acids is 1. The van der Waals surface area contributed by atoms with Crippen molar-refractivity contribution in [3.63, 3.8) is 0 Å². The number of carbonyl (C=O) groups excluding carboxylic acids is 1. The normalized spacial score (nSPS) is 12.0. The van der Waals surface area contributed by atoms with E-state index in [0.717, 1.165) is 0 Å². The van der Waals surface area contributed by atoms with E-state index in [0.29, 0.717) is 21.7 Å². The molecule has 1 heterocycles. The third-order valence-corrected chi connectivity index (χ3v) is 4.57. The summed E-state index contributed by atoms with van der Waals surface area (Å²) >= 11 is 11.5. The van der Waals surface area contributed by atoms with Crippen molar-refractivity contribution < 1.29 is 24.2 Å². The first-order valence-electron chi connectivity index (χ1n) is 8.82. The number of hydrazine groups is 1. The third kappa shape index (κ3) is 5.98. The van der Waals surface area contributed by atoms with E-state index in [9.17, 15) is 19.1 Å². The van der Waals surface area contributed by atoms with Crippen LogP contribution in [0.4, 0.5) is 4.39 Å². The number of carboxylic acid groups (broad SMARTS) is 1. The number of benzene rings is 2. The van der Waals surface area contributed by atoms with Crippen LogP contribution in [0.1, 0.15) is 16.2 Å². The Morgan fingerprint density at radius 1 is 1.19 bits per heavy atom. The molecule has 0 aliphatic heterocycles. The van der Waals surface area contributed by atoms with Gasteiger partial charge in [0.1, 0.15) is 5.82 Å². The van der Waals surface area contributed by atoms with Gasteiger partial charge in [-0.05, 0) is 40.9 Å². The second kappa shape index (κ2) is 9.84. The Bertz CT molecular complexity index is 1090. The molecule has 1 amide bonds. The van der Waals surface area contributed by atoms with Crippen molar-refractivity contribution in [3.8, 4) is 11.1 Å². The van der Waals surface area contributed by atoms with Gasteiger partial charge in [0.2, 0.25) is 11.1 Å². The lowest BCUT2D eigenvalue weighted by molar-refractivity contribution is -0.148. The standard InChI is InChI=1S/C19H16Cl2FN5O4/c20-12-5-6-14(22)13(7-12)11-3-1-10(2-4-11)8-27(9-15(28)18(30)31)26-17(29)16-23-19(21)25-24-16/h1-7,15,28H,8-9H2,(H,26,29)(H,30,31)(H,23,24,25)/t15-/m1/s1. The highest BCUT2D eigenvalue weighted by molar-refractivity contribution is 6.30. The smallest absolute Gasteiger partial charge is 0.333 e. The van der Waals surface area contributed by atoms with Gasteiger partial charge in [-0.25, -0.2) is 19.3 Å². The number of carbonyl (C=O) groups is 2. The molecule has 162 valence electrons. The Morgan fingerprint density at radius 2 is 1.90 bits per heavy atom. The predicted octanol–water partition coefficient (Wildman–Crippen LogP) is 2.51. The second-order valence-corrected chi connectivity index (χ2v) is 7.24. The quantitative estimate of drug-likeness (QED) is 0.374. The van der Waals surface area contributed by atoms with Crippen molar-refractivity contribution in [1.82, 2.24) is 25.6 Å². The van der Waals surface area contributed by atoms with E-state index in [1.54, 1.807) is 24.3 Å². The van der Waals surface area contributed by atoms with E-state index in [4.69, 9.17) is 28.3 Å². The minimum absolute atomic E-state index is 0.0343. The van der Waals surface area contributed by atoms with E-state index < -0.39 is 30.3 Å². The van der Waals surface area contributed by atoms with Crippen LogP contribution in [0.5, 0.6) is 0 Å². The predicted molar refractivity (Wildman–Crippen MR) is 110 cm³/mol. The molecule has 12 heteroatoms. The van der Waals surface area contributed by atoms with Gasteiger partial charge in [0, 0.05) is 17.1 Å². The van der Waals surface area contributed by atoms with Crippen LogP contribution in [0, 0.1) is 5.82 Å². The van der Waals surface area contributed by atoms with Crippen molar-refractivity contribution in [1.29, 1.82) is 0 Å². The van der Waals surface area contributed by atoms with Gasteiger partial charge in [-0.1, -0.05) is 35.9 Å². The summed E-state index contributed by atoms with van der Waals surface area (Å²) < 4.78 is 14.1. The number of aliphatic hydroxyl groups is 1. The molecule has 2 aromatic carbocycles. The number of amides is 1. The Labute approximate surface area is 185 Å². The van der Waals surface area contributed by atoms with Gasteiger partial charge in [-0.3, -0.25) is 10.2 Å². The van der Waals surface area contributed by atoms with Crippen LogP contribution in [-0.2, 0) is 11.3 Å². The molecule has 0 fully saturated rings. The van der Waals surface area contributed by atoms with E-state index in [-0.39, 0.29) is 17.7 Å². The fraction of sp³-hybridized carbons (Fsp3) is 0.158. The molecule has 0 aliphatic carbocycles. The van der Waals surface area contributed by atoms with E-state index in [1.165, 1.54) is 23.2 Å². The van der Waals surface area contributed by atoms with Crippen molar-refractivity contribution in [2.45, 2.75) is 12.6 Å². The molecule has 1 atom stereocenters. The molecule has 0 bridgehead atoms. The maximum atomic E-state index is 14.1. The Hall–Kier alpha value is -3.05. The number of rotatable bonds is 8. The topological polar surface area (TPSA) is 131 Å². The summed E-state index contributed by atoms with van der Waals surface area (Å²) in [7, 11) is 0. The van der Waals surface area contributed by atoms with Gasteiger partial charge in [-0.2, -0.15) is 4.98 Å². The van der Waals surface area contributed by atoms with Crippen LogP contribution < -0.4 is 5.43 Å². The second-order valence-electron chi connectivity index (χ2n) is 6.45. The first kappa shape index (κ1) is 22.6. The minimum Gasteiger partial charge on any atom is -0.479 e. The Kier molecular flexibility index (Phi) is 7.18. The highest BCUT2D eigenvalue weighted by atomic mass is 35.5. The molecule has 31 heavy (non-hydrogen) atoms. The zero-order valence-electron chi connectivity index (χ0n) is 15.7. The molecule has 3 rings (SSSR count). The van der Waals surface area contributed by atoms with Crippen molar-refractivity contribution in [2.75, 3.05) is 6.54 Å². The lowest BCUT2D eigenvalue weighted by Gasteiger charge is -2.24. The fourth-order valence-electron chi connectivity index (χ4n) is 2.70. The van der Waals surface area contributed by atoms with Crippen LogP contribution in [0.3, 0.4) is 0 Å². The molecule has 3 aromatic rings. The number of carboxylic acids is 1. The summed E-state index contributed by atoms with van der Waals surface area (Å²) in [6.45, 7) is -0.379. The summed E-state index contributed by atoms with van der Waals surface area (Å²) in [5.74, 6) is -2.89. The molecule has 9 nitrogen and oxygen atoms in total. The van der Waals surface area contributed by atoms with Gasteiger partial charge >= 0.3 is 11.9 Å². The molecule has 0 aliphatic rings. The van der Waals surface area contributed by atoms with Crippen LogP contribution in [-0.4, -0.2) is 54.9 Å². The lowest BCUT2D eigenvalue weighted by Crippen LogP contribution is -2.47. The molecule has 0 saturated carbocycles. The number of aromatic amines is 1. The Balaban J connectivity index is 1.77. The van der Waals surface area contributed by atoms with Gasteiger partial charge in [-0.15, -0.1) is 5.10 Å². The average molecular weight is 468 g/mol. The zero-order chi connectivity index (χ0) is 22.5. The molecule has 0 saturated heterocycles. The molecule has 0 spiro atoms. The summed E-state index contributed by atoms with van der Waals surface area (Å²) in [6.07, 6.45) is -1.75. The third-order valence-electron chi connectivity index (χ3n) is 4.17. The number of aliphatic hydroxyl groups excluding tert-OH is 1. The number of hydrogen-bond donors (Lipinski definition) is 4. The highest BCUT2D eigenvalue weighted by Crippen LogP contribution is 2.26. The van der Waals surface area contributed by atoms with Crippen molar-refractivity contribution in [2.24, 2.45) is 0 Å². The highest BCUT2D eigenvalue weighted by Gasteiger charge is 2.22. The summed E-state index contributed by atoms with van der Waals surface area (Å²) in [6, 6.07) is 10.9. The SMILES string of the molecule is O=C(NN(Cc1ccc(-c2cc(Cl)ccc2F)cc1)C[C@@H](O)C(=O)O)c1n[nH]c(Cl)n1. The van der Waals surface area contributed by atoms with E-state index in [1.807, 2.05) is 0 Å². The number of nitrogens with one attached hydrogen (secondary N) is 2. The molecular formula is C19H16Cl2FN5O4. The molecule has 0 unspecified atom stereocenters. The van der Waals surface area contributed by atoms with E-state index >= 15 is 0 Å². The first-order chi connectivity index (χ1) is 14.7. The zero-order valence-corrected chi connectivity index (χ0v) is 17.2. The van der Waals surface area contributed by atoms with Crippen LogP contribution in [0.2, 0.25) is 10.3 Å². The van der Waals surface area contributed by atoms with Crippen molar-refractivity contribution in [3.05, 3.63) is 70.0 Å². The number of aromatic nitrogens is 3. The maximum absolute atomic E-state index is 14.1. The number of halogens is 3. The average Bonchev–Trinajstić information content (AvgIpc) is 3.17. The van der Waals surface area contributed by atoms with Crippen molar-refractivity contribution >= 4 is 35.1 Å². The largest absolute Gasteiger partial charge is 0.479 e. The summed E-state index contributed by atoms with van der Waals surface area (Å²) in [4.78, 5) is 27.0. The van der Waals surface area contributed by atoms with Gasteiger partial charge in [0.25, 0.3) is 0 Å². The number of hydrogen-bond acceptors (Lipinski definition) is 6.